The van der Waals surface area contributed by atoms with Crippen molar-refractivity contribution in [1.29, 1.82) is 0 Å². The largest absolute Gasteiger partial charge is 0.354 e. The molecule has 17 heavy (non-hydrogen) atoms. The second-order valence-electron chi connectivity index (χ2n) is 3.79. The van der Waals surface area contributed by atoms with Crippen LogP contribution in [0.1, 0.15) is 11.4 Å². The van der Waals surface area contributed by atoms with E-state index in [0.29, 0.717) is 11.4 Å². The highest BCUT2D eigenvalue weighted by molar-refractivity contribution is 6.31. The maximum atomic E-state index is 6.17. The minimum Gasteiger partial charge on any atom is -0.354 e. The summed E-state index contributed by atoms with van der Waals surface area (Å²) in [5.74, 6) is 5.50. The number of methoxy groups -OCH3 is 2. The Hall–Kier alpha value is -0.660. The Bertz CT molecular complexity index is 365. The van der Waals surface area contributed by atoms with Crippen LogP contribution in [0.3, 0.4) is 0 Å². The minimum atomic E-state index is -0.439. The van der Waals surface area contributed by atoms with Gasteiger partial charge in [-0.15, -0.1) is 0 Å². The van der Waals surface area contributed by atoms with Crippen molar-refractivity contribution in [1.82, 2.24) is 15.2 Å². The quantitative estimate of drug-likeness (QED) is 0.440. The van der Waals surface area contributed by atoms with Gasteiger partial charge >= 0.3 is 0 Å². The van der Waals surface area contributed by atoms with Gasteiger partial charge in [0, 0.05) is 27.7 Å². The summed E-state index contributed by atoms with van der Waals surface area (Å²) >= 11 is 6.17. The number of halogens is 1. The Balaban J connectivity index is 2.87. The van der Waals surface area contributed by atoms with Crippen molar-refractivity contribution in [3.05, 3.63) is 16.4 Å². The zero-order valence-corrected chi connectivity index (χ0v) is 11.3. The molecular weight excluding hydrogens is 244 g/mol. The summed E-state index contributed by atoms with van der Waals surface area (Å²) in [6, 6.07) is -0.197. The fourth-order valence-corrected chi connectivity index (χ4v) is 2.01. The molecule has 0 fully saturated rings. The monoisotopic (exact) mass is 262 g/mol. The lowest BCUT2D eigenvalue weighted by atomic mass is 10.1. The van der Waals surface area contributed by atoms with E-state index in [1.165, 1.54) is 0 Å². The molecule has 3 N–H and O–H groups in total. The van der Waals surface area contributed by atoms with Gasteiger partial charge in [0.25, 0.3) is 0 Å². The van der Waals surface area contributed by atoms with Gasteiger partial charge in [-0.25, -0.2) is 0 Å². The third-order valence-corrected chi connectivity index (χ3v) is 3.17. The van der Waals surface area contributed by atoms with Crippen LogP contribution in [0, 0.1) is 6.92 Å². The van der Waals surface area contributed by atoms with Gasteiger partial charge in [-0.1, -0.05) is 11.6 Å². The molecular formula is C10H19ClN4O2. The Morgan fingerprint density at radius 2 is 2.06 bits per heavy atom. The summed E-state index contributed by atoms with van der Waals surface area (Å²) in [5.41, 5.74) is 4.36. The van der Waals surface area contributed by atoms with Crippen LogP contribution < -0.4 is 11.3 Å². The van der Waals surface area contributed by atoms with Gasteiger partial charge in [-0.3, -0.25) is 16.0 Å². The lowest BCUT2D eigenvalue weighted by molar-refractivity contribution is -0.122. The third-order valence-electron chi connectivity index (χ3n) is 2.68. The molecule has 1 aromatic heterocycles. The number of nitrogens with two attached hydrogens (primary N) is 1. The van der Waals surface area contributed by atoms with Crippen molar-refractivity contribution in [2.45, 2.75) is 25.7 Å². The van der Waals surface area contributed by atoms with Crippen molar-refractivity contribution < 1.29 is 9.47 Å². The second kappa shape index (κ2) is 6.32. The maximum absolute atomic E-state index is 6.17. The van der Waals surface area contributed by atoms with Crippen LogP contribution in [0.4, 0.5) is 0 Å². The summed E-state index contributed by atoms with van der Waals surface area (Å²) in [4.78, 5) is 0. The van der Waals surface area contributed by atoms with Crippen LogP contribution in [0.25, 0.3) is 0 Å². The Kier molecular flexibility index (Phi) is 5.35. The molecule has 1 aromatic rings. The first-order chi connectivity index (χ1) is 8.04. The molecule has 0 radical (unpaired) electrons. The van der Waals surface area contributed by atoms with Crippen LogP contribution >= 0.6 is 11.6 Å². The average molecular weight is 263 g/mol. The minimum absolute atomic E-state index is 0.197. The molecule has 0 saturated heterocycles. The maximum Gasteiger partial charge on any atom is 0.173 e. The summed E-state index contributed by atoms with van der Waals surface area (Å²) in [6.45, 7) is 1.86. The molecule has 98 valence electrons. The zero-order valence-electron chi connectivity index (χ0n) is 10.5. The summed E-state index contributed by atoms with van der Waals surface area (Å²) in [6.07, 6.45) is 0.130. The molecule has 6 nitrogen and oxygen atoms in total. The molecule has 0 spiro atoms. The normalized spacial score (nSPS) is 13.4. The topological polar surface area (TPSA) is 74.3 Å². The highest BCUT2D eigenvalue weighted by Gasteiger charge is 2.23. The molecule has 0 saturated carbocycles. The number of nitrogens with one attached hydrogen (secondary N) is 1. The summed E-state index contributed by atoms with van der Waals surface area (Å²) in [7, 11) is 4.97. The first-order valence-electron chi connectivity index (χ1n) is 5.24. The standard InChI is InChI=1S/C10H19ClN4O2/c1-6-9(11)8(15(2)14-6)5-7(13-12)10(16-3)17-4/h7,10,13H,5,12H2,1-4H3. The van der Waals surface area contributed by atoms with Gasteiger partial charge in [0.15, 0.2) is 6.29 Å². The average Bonchev–Trinajstić information content (AvgIpc) is 2.55. The first kappa shape index (κ1) is 14.4. The van der Waals surface area contributed by atoms with E-state index in [9.17, 15) is 0 Å². The molecule has 0 aliphatic carbocycles. The smallest absolute Gasteiger partial charge is 0.173 e. The second-order valence-corrected chi connectivity index (χ2v) is 4.16. The van der Waals surface area contributed by atoms with E-state index >= 15 is 0 Å². The summed E-state index contributed by atoms with van der Waals surface area (Å²) < 4.78 is 12.1. The fourth-order valence-electron chi connectivity index (χ4n) is 1.77. The molecule has 0 aliphatic rings. The van der Waals surface area contributed by atoms with E-state index in [2.05, 4.69) is 10.5 Å². The predicted octanol–water partition coefficient (Wildman–Crippen LogP) is 0.375. The Morgan fingerprint density at radius 1 is 1.47 bits per heavy atom. The number of ether oxygens (including phenoxy) is 2. The van der Waals surface area contributed by atoms with E-state index in [-0.39, 0.29) is 6.04 Å². The number of aryl methyl sites for hydroxylation is 2. The van der Waals surface area contributed by atoms with Crippen LogP contribution in [0.15, 0.2) is 0 Å². The SMILES string of the molecule is COC(OC)C(Cc1c(Cl)c(C)nn1C)NN. The fraction of sp³-hybridized carbons (Fsp3) is 0.700. The van der Waals surface area contributed by atoms with Gasteiger partial charge in [0.05, 0.1) is 22.5 Å². The van der Waals surface area contributed by atoms with Gasteiger partial charge in [-0.2, -0.15) is 5.10 Å². The molecule has 7 heteroatoms. The van der Waals surface area contributed by atoms with Crippen molar-refractivity contribution in [3.63, 3.8) is 0 Å². The van der Waals surface area contributed by atoms with E-state index in [1.54, 1.807) is 18.9 Å². The molecule has 1 rings (SSSR count). The van der Waals surface area contributed by atoms with Crippen LogP contribution in [-0.4, -0.2) is 36.3 Å². The van der Waals surface area contributed by atoms with Crippen molar-refractivity contribution in [2.24, 2.45) is 12.9 Å². The van der Waals surface area contributed by atoms with E-state index in [4.69, 9.17) is 26.9 Å². The van der Waals surface area contributed by atoms with E-state index < -0.39 is 6.29 Å². The van der Waals surface area contributed by atoms with Crippen LogP contribution in [-0.2, 0) is 22.9 Å². The van der Waals surface area contributed by atoms with Gasteiger partial charge in [0.1, 0.15) is 0 Å². The zero-order chi connectivity index (χ0) is 13.0. The first-order valence-corrected chi connectivity index (χ1v) is 5.62. The predicted molar refractivity (Wildman–Crippen MR) is 65.6 cm³/mol. The Labute approximate surface area is 106 Å². The Morgan fingerprint density at radius 3 is 2.41 bits per heavy atom. The van der Waals surface area contributed by atoms with Crippen LogP contribution in [0.2, 0.25) is 5.02 Å². The van der Waals surface area contributed by atoms with Crippen molar-refractivity contribution in [2.75, 3.05) is 14.2 Å². The summed E-state index contributed by atoms with van der Waals surface area (Å²) in [5, 5.41) is 4.90. The van der Waals surface area contributed by atoms with Crippen molar-refractivity contribution >= 4 is 11.6 Å². The number of hydrogen-bond acceptors (Lipinski definition) is 5. The molecule has 0 bridgehead atoms. The van der Waals surface area contributed by atoms with Crippen molar-refractivity contribution in [3.8, 4) is 0 Å². The molecule has 0 aliphatic heterocycles. The molecule has 0 amide bonds. The van der Waals surface area contributed by atoms with Gasteiger partial charge in [0.2, 0.25) is 0 Å². The van der Waals surface area contributed by atoms with Crippen LogP contribution in [0.5, 0.6) is 0 Å². The molecule has 0 aromatic carbocycles. The van der Waals surface area contributed by atoms with Gasteiger partial charge in [-0.05, 0) is 6.92 Å². The van der Waals surface area contributed by atoms with E-state index in [0.717, 1.165) is 11.4 Å². The van der Waals surface area contributed by atoms with Gasteiger partial charge < -0.3 is 9.47 Å². The number of aromatic nitrogens is 2. The molecule has 1 heterocycles. The lowest BCUT2D eigenvalue weighted by Gasteiger charge is -2.24. The lowest BCUT2D eigenvalue weighted by Crippen LogP contribution is -2.47. The third kappa shape index (κ3) is 3.17. The highest BCUT2D eigenvalue weighted by atomic mass is 35.5. The highest BCUT2D eigenvalue weighted by Crippen LogP contribution is 2.21. The van der Waals surface area contributed by atoms with E-state index in [1.807, 2.05) is 14.0 Å². The number of hydrazine groups is 1. The molecule has 1 unspecified atom stereocenters. The number of hydrogen-bond donors (Lipinski definition) is 2. The molecule has 1 atom stereocenters. The number of rotatable bonds is 6. The number of nitrogens with zero attached hydrogens (tertiary/aromatic N) is 2.